The van der Waals surface area contributed by atoms with Gasteiger partial charge in [-0.1, -0.05) is 42.5 Å². The Morgan fingerprint density at radius 3 is 2.34 bits per heavy atom. The van der Waals surface area contributed by atoms with Crippen LogP contribution in [0.3, 0.4) is 0 Å². The molecule has 4 amide bonds. The molecule has 9 heteroatoms. The molecule has 3 aromatic carbocycles. The third kappa shape index (κ3) is 3.82. The van der Waals surface area contributed by atoms with Gasteiger partial charge in [0.25, 0.3) is 5.91 Å². The van der Waals surface area contributed by atoms with Crippen LogP contribution < -0.4 is 10.6 Å². The Bertz CT molecular complexity index is 1350. The molecule has 8 nitrogen and oxygen atoms in total. The Kier molecular flexibility index (Phi) is 5.21. The maximum absolute atomic E-state index is 13.2. The number of benzene rings is 3. The average molecular weight is 452 g/mol. The van der Waals surface area contributed by atoms with Gasteiger partial charge in [0.15, 0.2) is 9.84 Å². The summed E-state index contributed by atoms with van der Waals surface area (Å²) in [5, 5.41) is 7.07. The molecule has 0 bridgehead atoms. The molecule has 32 heavy (non-hydrogen) atoms. The van der Waals surface area contributed by atoms with Gasteiger partial charge >= 0.3 is 6.03 Å². The number of carbonyl (C=O) groups excluding carboxylic acids is 3. The summed E-state index contributed by atoms with van der Waals surface area (Å²) in [4.78, 5) is 39.3. The standard InChI is InChI=1S/C23H21N3O5S/c1-23(19-9-5-7-15-6-3-4-8-18(15)19)21(28)26(22(29)25-23)14-20(27)24-16-10-12-17(13-11-16)32(2,30)31/h3-13H,14H2,1-2H3,(H,24,27)(H,25,29)/t23-/m0/s1. The SMILES string of the molecule is C[C@@]1(c2cccc3ccccc23)NC(=O)N(CC(=O)Nc2ccc(S(C)(=O)=O)cc2)C1=O. The largest absolute Gasteiger partial charge is 0.325 e. The molecule has 0 unspecified atom stereocenters. The van der Waals surface area contributed by atoms with Crippen molar-refractivity contribution in [2.75, 3.05) is 18.1 Å². The highest BCUT2D eigenvalue weighted by Gasteiger charge is 2.50. The molecule has 0 spiro atoms. The van der Waals surface area contributed by atoms with E-state index in [2.05, 4.69) is 10.6 Å². The first kappa shape index (κ1) is 21.5. The van der Waals surface area contributed by atoms with Gasteiger partial charge in [0, 0.05) is 11.9 Å². The summed E-state index contributed by atoms with van der Waals surface area (Å²) in [6.45, 7) is 1.15. The van der Waals surface area contributed by atoms with Crippen LogP contribution in [0.2, 0.25) is 0 Å². The highest BCUT2D eigenvalue weighted by molar-refractivity contribution is 7.90. The minimum atomic E-state index is -3.35. The molecule has 0 aromatic heterocycles. The van der Waals surface area contributed by atoms with Crippen molar-refractivity contribution in [1.29, 1.82) is 0 Å². The lowest BCUT2D eigenvalue weighted by atomic mass is 9.88. The van der Waals surface area contributed by atoms with Crippen molar-refractivity contribution < 1.29 is 22.8 Å². The second-order valence-corrected chi connectivity index (χ2v) is 9.83. The van der Waals surface area contributed by atoms with Crippen molar-refractivity contribution in [1.82, 2.24) is 10.2 Å². The molecule has 1 fully saturated rings. The molecule has 1 atom stereocenters. The zero-order valence-corrected chi connectivity index (χ0v) is 18.3. The van der Waals surface area contributed by atoms with Gasteiger partial charge in [-0.3, -0.25) is 14.5 Å². The Labute approximate surface area is 185 Å². The van der Waals surface area contributed by atoms with Crippen LogP contribution in [0.1, 0.15) is 12.5 Å². The quantitative estimate of drug-likeness (QED) is 0.579. The van der Waals surface area contributed by atoms with Crippen LogP contribution >= 0.6 is 0 Å². The van der Waals surface area contributed by atoms with Crippen molar-refractivity contribution in [3.63, 3.8) is 0 Å². The van der Waals surface area contributed by atoms with Gasteiger partial charge in [-0.05, 0) is 47.5 Å². The fraction of sp³-hybridized carbons (Fsp3) is 0.174. The number of nitrogens with one attached hydrogen (secondary N) is 2. The molecule has 1 aliphatic rings. The van der Waals surface area contributed by atoms with Crippen LogP contribution in [0.15, 0.2) is 71.6 Å². The van der Waals surface area contributed by atoms with E-state index in [1.807, 2.05) is 36.4 Å². The first-order valence-electron chi connectivity index (χ1n) is 9.82. The van der Waals surface area contributed by atoms with Crippen molar-refractivity contribution in [2.24, 2.45) is 0 Å². The summed E-state index contributed by atoms with van der Waals surface area (Å²) < 4.78 is 23.1. The average Bonchev–Trinajstić information content (AvgIpc) is 2.97. The van der Waals surface area contributed by atoms with E-state index in [-0.39, 0.29) is 4.90 Å². The highest BCUT2D eigenvalue weighted by atomic mass is 32.2. The molecule has 2 N–H and O–H groups in total. The topological polar surface area (TPSA) is 113 Å². The van der Waals surface area contributed by atoms with Crippen molar-refractivity contribution in [3.05, 3.63) is 72.3 Å². The molecule has 0 radical (unpaired) electrons. The molecule has 0 aliphatic carbocycles. The molecule has 164 valence electrons. The van der Waals surface area contributed by atoms with E-state index in [1.54, 1.807) is 13.0 Å². The minimum Gasteiger partial charge on any atom is -0.325 e. The third-order valence-corrected chi connectivity index (χ3v) is 6.60. The second kappa shape index (κ2) is 7.76. The number of urea groups is 1. The Hall–Kier alpha value is -3.72. The summed E-state index contributed by atoms with van der Waals surface area (Å²) in [6, 6.07) is 18.0. The van der Waals surface area contributed by atoms with Gasteiger partial charge in [0.2, 0.25) is 5.91 Å². The van der Waals surface area contributed by atoms with E-state index in [9.17, 15) is 22.8 Å². The van der Waals surface area contributed by atoms with Crippen LogP contribution in [0.25, 0.3) is 10.8 Å². The number of sulfone groups is 1. The summed E-state index contributed by atoms with van der Waals surface area (Å²) in [7, 11) is -3.35. The van der Waals surface area contributed by atoms with Crippen molar-refractivity contribution >= 4 is 44.1 Å². The van der Waals surface area contributed by atoms with Gasteiger partial charge in [0.05, 0.1) is 4.90 Å². The molecular formula is C23H21N3O5S. The number of imide groups is 1. The smallest absolute Gasteiger partial charge is 0.325 e. The Balaban J connectivity index is 1.53. The highest BCUT2D eigenvalue weighted by Crippen LogP contribution is 2.33. The predicted molar refractivity (Wildman–Crippen MR) is 120 cm³/mol. The lowest BCUT2D eigenvalue weighted by Crippen LogP contribution is -2.42. The predicted octanol–water partition coefficient (Wildman–Crippen LogP) is 2.65. The van der Waals surface area contributed by atoms with E-state index in [1.165, 1.54) is 24.3 Å². The van der Waals surface area contributed by atoms with E-state index >= 15 is 0 Å². The third-order valence-electron chi connectivity index (χ3n) is 5.47. The van der Waals surface area contributed by atoms with E-state index < -0.39 is 39.8 Å². The van der Waals surface area contributed by atoms with Crippen molar-refractivity contribution in [3.8, 4) is 0 Å². The lowest BCUT2D eigenvalue weighted by Gasteiger charge is -2.24. The summed E-state index contributed by atoms with van der Waals surface area (Å²) in [5.41, 5.74) is -0.311. The number of anilines is 1. The van der Waals surface area contributed by atoms with E-state index in [0.29, 0.717) is 11.3 Å². The maximum Gasteiger partial charge on any atom is 0.325 e. The number of fused-ring (bicyclic) bond motifs is 1. The number of hydrogen-bond donors (Lipinski definition) is 2. The molecule has 1 saturated heterocycles. The first-order chi connectivity index (χ1) is 15.1. The Morgan fingerprint density at radius 1 is 1.00 bits per heavy atom. The molecular weight excluding hydrogens is 430 g/mol. The number of carbonyl (C=O) groups is 3. The monoisotopic (exact) mass is 451 g/mol. The Morgan fingerprint density at radius 2 is 1.66 bits per heavy atom. The van der Waals surface area contributed by atoms with E-state index in [0.717, 1.165) is 21.9 Å². The van der Waals surface area contributed by atoms with E-state index in [4.69, 9.17) is 0 Å². The van der Waals surface area contributed by atoms with Crippen LogP contribution in [-0.4, -0.2) is 44.0 Å². The van der Waals surface area contributed by atoms with Crippen LogP contribution in [0, 0.1) is 0 Å². The number of hydrogen-bond acceptors (Lipinski definition) is 5. The van der Waals surface area contributed by atoms with Crippen LogP contribution in [0.5, 0.6) is 0 Å². The van der Waals surface area contributed by atoms with Gasteiger partial charge in [0.1, 0.15) is 12.1 Å². The summed E-state index contributed by atoms with van der Waals surface area (Å²) in [5.74, 6) is -1.11. The molecule has 3 aromatic rings. The minimum absolute atomic E-state index is 0.121. The molecule has 1 aliphatic heterocycles. The van der Waals surface area contributed by atoms with Gasteiger partial charge in [-0.15, -0.1) is 0 Å². The fourth-order valence-corrected chi connectivity index (χ4v) is 4.44. The van der Waals surface area contributed by atoms with Crippen LogP contribution in [-0.2, 0) is 25.0 Å². The first-order valence-corrected chi connectivity index (χ1v) is 11.7. The fourth-order valence-electron chi connectivity index (χ4n) is 3.81. The zero-order chi connectivity index (χ0) is 23.1. The van der Waals surface area contributed by atoms with Gasteiger partial charge in [-0.25, -0.2) is 13.2 Å². The molecule has 1 heterocycles. The van der Waals surface area contributed by atoms with Crippen molar-refractivity contribution in [2.45, 2.75) is 17.4 Å². The zero-order valence-electron chi connectivity index (χ0n) is 17.5. The molecule has 0 saturated carbocycles. The normalized spacial score (nSPS) is 18.6. The number of nitrogens with zero attached hydrogens (tertiary/aromatic N) is 1. The van der Waals surface area contributed by atoms with Gasteiger partial charge in [-0.2, -0.15) is 0 Å². The second-order valence-electron chi connectivity index (χ2n) is 7.82. The maximum atomic E-state index is 13.2. The van der Waals surface area contributed by atoms with Gasteiger partial charge < -0.3 is 10.6 Å². The number of rotatable bonds is 5. The molecule has 4 rings (SSSR count). The lowest BCUT2D eigenvalue weighted by molar-refractivity contribution is -0.133. The summed E-state index contributed by atoms with van der Waals surface area (Å²) >= 11 is 0. The number of amides is 4. The van der Waals surface area contributed by atoms with Crippen LogP contribution in [0.4, 0.5) is 10.5 Å². The summed E-state index contributed by atoms with van der Waals surface area (Å²) in [6.07, 6.45) is 1.09.